The molecule has 0 bridgehead atoms. The standard InChI is InChI=1S/C12H8F3NOS.C12H6F3NS/c13-12(14,15)10-8(6-9(18-10)11(16)17)7-4-2-1-3-5-7;13-12(14,15)11-10(6-9(7-16)17-11)8-4-2-1-3-5-8/h1-6H,(H2,16,17);1-6H. The number of carbonyl (C=O) groups is 1. The van der Waals surface area contributed by atoms with Gasteiger partial charge in [0.2, 0.25) is 0 Å². The van der Waals surface area contributed by atoms with Crippen molar-refractivity contribution in [1.82, 2.24) is 0 Å². The molecule has 0 spiro atoms. The van der Waals surface area contributed by atoms with Crippen LogP contribution in [-0.2, 0) is 12.4 Å². The maximum atomic E-state index is 12.9. The van der Waals surface area contributed by atoms with Crippen LogP contribution in [0.25, 0.3) is 22.3 Å². The van der Waals surface area contributed by atoms with Gasteiger partial charge in [0.25, 0.3) is 5.91 Å². The molecule has 1 amide bonds. The first-order valence-corrected chi connectivity index (χ1v) is 11.3. The Hall–Kier alpha value is -3.62. The van der Waals surface area contributed by atoms with Gasteiger partial charge in [-0.05, 0) is 23.3 Å². The number of nitrogens with zero attached hydrogens (tertiary/aromatic N) is 1. The number of nitrogens with two attached hydrogens (primary N) is 1. The van der Waals surface area contributed by atoms with Gasteiger partial charge in [-0.25, -0.2) is 0 Å². The Balaban J connectivity index is 0.000000196. The normalized spacial score (nSPS) is 11.3. The summed E-state index contributed by atoms with van der Waals surface area (Å²) in [6, 6.07) is 20.6. The average molecular weight is 525 g/mol. The lowest BCUT2D eigenvalue weighted by molar-refractivity contribution is -0.134. The Morgan fingerprint density at radius 2 is 1.17 bits per heavy atom. The number of amides is 1. The second-order valence-electron chi connectivity index (χ2n) is 6.91. The molecule has 4 rings (SSSR count). The maximum absolute atomic E-state index is 12.9. The number of halogens is 6. The van der Waals surface area contributed by atoms with Crippen LogP contribution < -0.4 is 5.73 Å². The van der Waals surface area contributed by atoms with E-state index in [1.165, 1.54) is 12.1 Å². The average Bonchev–Trinajstić information content (AvgIpc) is 3.46. The molecule has 0 radical (unpaired) electrons. The molecule has 11 heteroatoms. The maximum Gasteiger partial charge on any atom is 0.426 e. The van der Waals surface area contributed by atoms with E-state index in [2.05, 4.69) is 0 Å². The minimum atomic E-state index is -4.50. The van der Waals surface area contributed by atoms with E-state index in [1.54, 1.807) is 66.7 Å². The summed E-state index contributed by atoms with van der Waals surface area (Å²) in [7, 11) is 0. The van der Waals surface area contributed by atoms with E-state index >= 15 is 0 Å². The van der Waals surface area contributed by atoms with Gasteiger partial charge in [0.15, 0.2) is 0 Å². The van der Waals surface area contributed by atoms with E-state index in [0.717, 1.165) is 0 Å². The fraction of sp³-hybridized carbons (Fsp3) is 0.0833. The molecule has 0 saturated heterocycles. The van der Waals surface area contributed by atoms with Crippen LogP contribution >= 0.6 is 22.7 Å². The van der Waals surface area contributed by atoms with Crippen molar-refractivity contribution in [3.63, 3.8) is 0 Å². The van der Waals surface area contributed by atoms with Crippen LogP contribution in [0.4, 0.5) is 26.3 Å². The quantitative estimate of drug-likeness (QED) is 0.278. The van der Waals surface area contributed by atoms with Crippen LogP contribution in [-0.4, -0.2) is 5.91 Å². The number of rotatable bonds is 3. The smallest absolute Gasteiger partial charge is 0.365 e. The molecule has 2 heterocycles. The summed E-state index contributed by atoms with van der Waals surface area (Å²) >= 11 is 0.845. The van der Waals surface area contributed by atoms with Gasteiger partial charge in [-0.2, -0.15) is 31.6 Å². The Bertz CT molecular complexity index is 1350. The van der Waals surface area contributed by atoms with Crippen LogP contribution in [0.5, 0.6) is 0 Å². The highest BCUT2D eigenvalue weighted by Crippen LogP contribution is 2.43. The lowest BCUT2D eigenvalue weighted by Crippen LogP contribution is -2.08. The summed E-state index contributed by atoms with van der Waals surface area (Å²) in [5.41, 5.74) is 5.96. The molecule has 2 aromatic heterocycles. The second kappa shape index (κ2) is 10.3. The Labute approximate surface area is 203 Å². The van der Waals surface area contributed by atoms with Crippen molar-refractivity contribution in [2.45, 2.75) is 12.4 Å². The van der Waals surface area contributed by atoms with Crippen LogP contribution in [0.15, 0.2) is 72.8 Å². The zero-order chi connectivity index (χ0) is 25.8. The third kappa shape index (κ3) is 6.29. The Kier molecular flexibility index (Phi) is 7.67. The predicted octanol–water partition coefficient (Wildman–Crippen LogP) is 7.84. The molecule has 0 atom stereocenters. The van der Waals surface area contributed by atoms with Gasteiger partial charge in [0.05, 0.1) is 4.88 Å². The summed E-state index contributed by atoms with van der Waals surface area (Å²) in [6.45, 7) is 0. The fourth-order valence-corrected chi connectivity index (χ4v) is 4.79. The molecule has 2 N–H and O–H groups in total. The largest absolute Gasteiger partial charge is 0.426 e. The van der Waals surface area contributed by atoms with E-state index in [9.17, 15) is 31.1 Å². The van der Waals surface area contributed by atoms with Gasteiger partial charge in [0.1, 0.15) is 20.7 Å². The van der Waals surface area contributed by atoms with Gasteiger partial charge in [-0.1, -0.05) is 60.7 Å². The minimum Gasteiger partial charge on any atom is -0.365 e. The zero-order valence-electron chi connectivity index (χ0n) is 17.4. The monoisotopic (exact) mass is 524 g/mol. The number of carbonyl (C=O) groups excluding carboxylic acids is 1. The molecular formula is C24H14F6N2OS2. The van der Waals surface area contributed by atoms with Gasteiger partial charge in [-0.15, -0.1) is 22.7 Å². The van der Waals surface area contributed by atoms with E-state index in [4.69, 9.17) is 11.0 Å². The lowest BCUT2D eigenvalue weighted by Gasteiger charge is -2.07. The van der Waals surface area contributed by atoms with E-state index in [0.29, 0.717) is 33.8 Å². The number of benzene rings is 2. The fourth-order valence-electron chi connectivity index (χ4n) is 3.04. The molecule has 180 valence electrons. The number of hydrogen-bond donors (Lipinski definition) is 1. The molecule has 3 nitrogen and oxygen atoms in total. The molecule has 2 aromatic carbocycles. The molecule has 4 aromatic rings. The lowest BCUT2D eigenvalue weighted by atomic mass is 10.1. The van der Waals surface area contributed by atoms with E-state index < -0.39 is 28.0 Å². The number of nitriles is 1. The number of thiophene rings is 2. The van der Waals surface area contributed by atoms with Gasteiger partial charge < -0.3 is 5.73 Å². The molecular weight excluding hydrogens is 510 g/mol. The second-order valence-corrected chi connectivity index (χ2v) is 9.01. The molecule has 0 aliphatic heterocycles. The van der Waals surface area contributed by atoms with Crippen molar-refractivity contribution in [3.05, 3.63) is 92.3 Å². The van der Waals surface area contributed by atoms with E-state index in [1.807, 2.05) is 0 Å². The van der Waals surface area contributed by atoms with E-state index in [-0.39, 0.29) is 20.9 Å². The summed E-state index contributed by atoms with van der Waals surface area (Å²) in [4.78, 5) is 9.43. The van der Waals surface area contributed by atoms with Crippen molar-refractivity contribution in [1.29, 1.82) is 5.26 Å². The number of alkyl halides is 6. The first-order valence-electron chi connectivity index (χ1n) is 9.64. The first kappa shape index (κ1) is 26.0. The third-order valence-corrected chi connectivity index (χ3v) is 6.78. The van der Waals surface area contributed by atoms with Crippen molar-refractivity contribution in [3.8, 4) is 28.3 Å². The van der Waals surface area contributed by atoms with Crippen LogP contribution in [0.1, 0.15) is 24.3 Å². The van der Waals surface area contributed by atoms with Crippen LogP contribution in [0.2, 0.25) is 0 Å². The van der Waals surface area contributed by atoms with Gasteiger partial charge >= 0.3 is 12.4 Å². The SMILES string of the molecule is N#Cc1cc(-c2ccccc2)c(C(F)(F)F)s1.NC(=O)c1cc(-c2ccccc2)c(C(F)(F)F)s1. The van der Waals surface area contributed by atoms with Crippen molar-refractivity contribution in [2.75, 3.05) is 0 Å². The minimum absolute atomic E-state index is 0.0121. The van der Waals surface area contributed by atoms with Gasteiger partial charge in [0, 0.05) is 11.1 Å². The highest BCUT2D eigenvalue weighted by atomic mass is 32.1. The molecule has 0 unspecified atom stereocenters. The topological polar surface area (TPSA) is 66.9 Å². The van der Waals surface area contributed by atoms with Crippen LogP contribution in [0.3, 0.4) is 0 Å². The highest BCUT2D eigenvalue weighted by Gasteiger charge is 2.37. The summed E-state index contributed by atoms with van der Waals surface area (Å²) in [5, 5.41) is 8.68. The summed E-state index contributed by atoms with van der Waals surface area (Å²) in [6.07, 6.45) is -8.92. The summed E-state index contributed by atoms with van der Waals surface area (Å²) in [5.74, 6) is -0.854. The number of hydrogen-bond acceptors (Lipinski definition) is 4. The predicted molar refractivity (Wildman–Crippen MR) is 123 cm³/mol. The number of primary amides is 1. The molecule has 35 heavy (non-hydrogen) atoms. The Morgan fingerprint density at radius 1 is 0.743 bits per heavy atom. The zero-order valence-corrected chi connectivity index (χ0v) is 19.1. The van der Waals surface area contributed by atoms with Gasteiger partial charge in [-0.3, -0.25) is 4.79 Å². The molecule has 0 fully saturated rings. The molecule has 0 aliphatic carbocycles. The van der Waals surface area contributed by atoms with Crippen molar-refractivity contribution in [2.24, 2.45) is 5.73 Å². The van der Waals surface area contributed by atoms with Crippen molar-refractivity contribution >= 4 is 28.6 Å². The summed E-state index contributed by atoms with van der Waals surface area (Å²) < 4.78 is 77.0. The van der Waals surface area contributed by atoms with Crippen molar-refractivity contribution < 1.29 is 31.1 Å². The highest BCUT2D eigenvalue weighted by molar-refractivity contribution is 7.14. The first-order chi connectivity index (χ1) is 16.4. The van der Waals surface area contributed by atoms with Crippen LogP contribution in [0, 0.1) is 11.3 Å². The molecule has 0 saturated carbocycles. The Morgan fingerprint density at radius 3 is 1.57 bits per heavy atom. The molecule has 0 aliphatic rings. The third-order valence-electron chi connectivity index (χ3n) is 4.50.